The molecular weight excluding hydrogens is 414 g/mol. The van der Waals surface area contributed by atoms with Crippen LogP contribution in [0.2, 0.25) is 0 Å². The molecule has 5 rings (SSSR count). The normalized spacial score (nSPS) is 18.3. The lowest BCUT2D eigenvalue weighted by molar-refractivity contribution is -0.0448. The molecule has 0 bridgehead atoms. The van der Waals surface area contributed by atoms with Gasteiger partial charge in [-0.2, -0.15) is 0 Å². The molecule has 2 heterocycles. The van der Waals surface area contributed by atoms with Crippen LogP contribution in [0.4, 0.5) is 0 Å². The van der Waals surface area contributed by atoms with Crippen molar-refractivity contribution >= 4 is 10.9 Å². The van der Waals surface area contributed by atoms with Gasteiger partial charge in [0.2, 0.25) is 0 Å². The quantitative estimate of drug-likeness (QED) is 0.465. The van der Waals surface area contributed by atoms with Crippen LogP contribution in [0, 0.1) is 0 Å². The summed E-state index contributed by atoms with van der Waals surface area (Å²) >= 11 is 0. The van der Waals surface area contributed by atoms with Gasteiger partial charge in [-0.1, -0.05) is 48.5 Å². The number of aliphatic hydroxyl groups excluding tert-OH is 1. The predicted molar refractivity (Wildman–Crippen MR) is 128 cm³/mol. The lowest BCUT2D eigenvalue weighted by atomic mass is 9.98. The van der Waals surface area contributed by atoms with Crippen molar-refractivity contribution in [1.82, 2.24) is 4.57 Å². The van der Waals surface area contributed by atoms with Crippen molar-refractivity contribution in [2.24, 2.45) is 0 Å². The van der Waals surface area contributed by atoms with E-state index in [4.69, 9.17) is 9.47 Å². The summed E-state index contributed by atoms with van der Waals surface area (Å²) in [6.07, 6.45) is 0.941. The van der Waals surface area contributed by atoms with Crippen LogP contribution >= 0.6 is 0 Å². The van der Waals surface area contributed by atoms with Crippen molar-refractivity contribution in [1.29, 1.82) is 0 Å². The Hall–Kier alpha value is -3.41. The Morgan fingerprint density at radius 3 is 2.64 bits per heavy atom. The third-order valence-corrected chi connectivity index (χ3v) is 6.13. The van der Waals surface area contributed by atoms with E-state index in [1.54, 1.807) is 10.6 Å². The molecule has 0 spiro atoms. The highest BCUT2D eigenvalue weighted by molar-refractivity contribution is 5.80. The first-order valence-corrected chi connectivity index (χ1v) is 11.3. The second kappa shape index (κ2) is 9.61. The second-order valence-corrected chi connectivity index (χ2v) is 8.54. The van der Waals surface area contributed by atoms with Crippen LogP contribution in [0.3, 0.4) is 0 Å². The van der Waals surface area contributed by atoms with Crippen LogP contribution in [-0.4, -0.2) is 22.4 Å². The molecule has 5 heteroatoms. The zero-order valence-corrected chi connectivity index (χ0v) is 18.4. The SMILES string of the molecule is O=c1ccc2cc(OCc3cccc(C4CC(O)CCO4)c3)ccc2n1Cc1ccccc1. The van der Waals surface area contributed by atoms with Crippen LogP contribution in [-0.2, 0) is 17.9 Å². The van der Waals surface area contributed by atoms with Gasteiger partial charge < -0.3 is 19.1 Å². The summed E-state index contributed by atoms with van der Waals surface area (Å²) in [6, 6.07) is 27.4. The molecule has 1 aliphatic heterocycles. The zero-order valence-electron chi connectivity index (χ0n) is 18.4. The number of ether oxygens (including phenoxy) is 2. The van der Waals surface area contributed by atoms with E-state index in [0.29, 0.717) is 32.6 Å². The molecule has 4 aromatic rings. The molecule has 1 saturated heterocycles. The maximum Gasteiger partial charge on any atom is 0.251 e. The van der Waals surface area contributed by atoms with E-state index in [9.17, 15) is 9.90 Å². The van der Waals surface area contributed by atoms with E-state index in [0.717, 1.165) is 33.3 Å². The molecule has 33 heavy (non-hydrogen) atoms. The summed E-state index contributed by atoms with van der Waals surface area (Å²) in [4.78, 5) is 12.5. The lowest BCUT2D eigenvalue weighted by Crippen LogP contribution is -2.23. The number of hydrogen-bond donors (Lipinski definition) is 1. The van der Waals surface area contributed by atoms with Gasteiger partial charge in [0.05, 0.1) is 24.3 Å². The number of pyridine rings is 1. The van der Waals surface area contributed by atoms with Crippen molar-refractivity contribution < 1.29 is 14.6 Å². The number of benzene rings is 3. The summed E-state index contributed by atoms with van der Waals surface area (Å²) in [5, 5.41) is 10.9. The molecule has 5 nitrogen and oxygen atoms in total. The van der Waals surface area contributed by atoms with Gasteiger partial charge in [-0.15, -0.1) is 0 Å². The topological polar surface area (TPSA) is 60.7 Å². The molecule has 3 aromatic carbocycles. The summed E-state index contributed by atoms with van der Waals surface area (Å²) in [6.45, 7) is 1.54. The minimum atomic E-state index is -0.305. The van der Waals surface area contributed by atoms with Crippen LogP contribution in [0.5, 0.6) is 5.75 Å². The van der Waals surface area contributed by atoms with Gasteiger partial charge in [0, 0.05) is 24.5 Å². The molecule has 168 valence electrons. The average Bonchev–Trinajstić information content (AvgIpc) is 2.85. The Morgan fingerprint density at radius 1 is 0.939 bits per heavy atom. The van der Waals surface area contributed by atoms with Crippen molar-refractivity contribution in [3.8, 4) is 5.75 Å². The molecule has 0 radical (unpaired) electrons. The first kappa shape index (κ1) is 21.4. The maximum absolute atomic E-state index is 12.5. The molecular formula is C28H27NO4. The van der Waals surface area contributed by atoms with E-state index in [2.05, 4.69) is 6.07 Å². The highest BCUT2D eigenvalue weighted by Crippen LogP contribution is 2.29. The lowest BCUT2D eigenvalue weighted by Gasteiger charge is -2.27. The van der Waals surface area contributed by atoms with Crippen molar-refractivity contribution in [2.45, 2.75) is 38.2 Å². The van der Waals surface area contributed by atoms with Gasteiger partial charge in [0.25, 0.3) is 5.56 Å². The minimum absolute atomic E-state index is 0.0214. The van der Waals surface area contributed by atoms with Crippen LogP contribution in [0.15, 0.2) is 89.7 Å². The smallest absolute Gasteiger partial charge is 0.251 e. The van der Waals surface area contributed by atoms with Gasteiger partial charge >= 0.3 is 0 Å². The molecule has 1 aliphatic rings. The molecule has 2 unspecified atom stereocenters. The van der Waals surface area contributed by atoms with Crippen LogP contribution in [0.25, 0.3) is 10.9 Å². The first-order valence-electron chi connectivity index (χ1n) is 11.3. The third-order valence-electron chi connectivity index (χ3n) is 6.13. The average molecular weight is 442 g/mol. The van der Waals surface area contributed by atoms with Crippen LogP contribution < -0.4 is 10.3 Å². The summed E-state index contributed by atoms with van der Waals surface area (Å²) < 4.78 is 13.7. The van der Waals surface area contributed by atoms with E-state index < -0.39 is 0 Å². The zero-order chi connectivity index (χ0) is 22.6. The van der Waals surface area contributed by atoms with Gasteiger partial charge in [0.1, 0.15) is 12.4 Å². The maximum atomic E-state index is 12.5. The van der Waals surface area contributed by atoms with E-state index in [-0.39, 0.29) is 17.8 Å². The monoisotopic (exact) mass is 441 g/mol. The fourth-order valence-electron chi connectivity index (χ4n) is 4.36. The first-order chi connectivity index (χ1) is 16.2. The molecule has 1 fully saturated rings. The number of rotatable bonds is 6. The van der Waals surface area contributed by atoms with E-state index in [1.807, 2.05) is 72.8 Å². The Labute approximate surface area is 192 Å². The highest BCUT2D eigenvalue weighted by Gasteiger charge is 2.22. The fourth-order valence-corrected chi connectivity index (χ4v) is 4.36. The Balaban J connectivity index is 1.33. The molecule has 2 atom stereocenters. The molecule has 0 aliphatic carbocycles. The van der Waals surface area contributed by atoms with Crippen molar-refractivity contribution in [3.05, 3.63) is 112 Å². The van der Waals surface area contributed by atoms with Gasteiger partial charge in [-0.3, -0.25) is 4.79 Å². The Bertz CT molecular complexity index is 1300. The van der Waals surface area contributed by atoms with Gasteiger partial charge in [-0.05, 0) is 53.4 Å². The molecule has 1 aromatic heterocycles. The summed E-state index contributed by atoms with van der Waals surface area (Å²) in [7, 11) is 0. The number of fused-ring (bicyclic) bond motifs is 1. The molecule has 0 saturated carbocycles. The van der Waals surface area contributed by atoms with E-state index >= 15 is 0 Å². The van der Waals surface area contributed by atoms with Gasteiger partial charge in [-0.25, -0.2) is 0 Å². The predicted octanol–water partition coefficient (Wildman–Crippen LogP) is 4.84. The number of nitrogens with zero attached hydrogens (tertiary/aromatic N) is 1. The number of aromatic nitrogens is 1. The Kier molecular flexibility index (Phi) is 6.24. The summed E-state index contributed by atoms with van der Waals surface area (Å²) in [5.74, 6) is 0.752. The second-order valence-electron chi connectivity index (χ2n) is 8.54. The van der Waals surface area contributed by atoms with Gasteiger partial charge in [0.15, 0.2) is 0 Å². The highest BCUT2D eigenvalue weighted by atomic mass is 16.5. The Morgan fingerprint density at radius 2 is 1.79 bits per heavy atom. The van der Waals surface area contributed by atoms with Crippen molar-refractivity contribution in [2.75, 3.05) is 6.61 Å². The molecule has 0 amide bonds. The standard InChI is InChI=1S/C28H27NO4/c30-24-13-14-32-27(17-24)23-8-4-7-21(15-23)19-33-25-10-11-26-22(16-25)9-12-28(31)29(26)18-20-5-2-1-3-6-20/h1-12,15-16,24,27,30H,13-14,17-19H2. The minimum Gasteiger partial charge on any atom is -0.489 e. The number of hydrogen-bond acceptors (Lipinski definition) is 4. The fraction of sp³-hybridized carbons (Fsp3) is 0.250. The van der Waals surface area contributed by atoms with Crippen LogP contribution in [0.1, 0.15) is 35.6 Å². The largest absolute Gasteiger partial charge is 0.489 e. The number of aliphatic hydroxyl groups is 1. The van der Waals surface area contributed by atoms with E-state index in [1.165, 1.54) is 0 Å². The molecule has 1 N–H and O–H groups in total. The summed E-state index contributed by atoms with van der Waals surface area (Å²) in [5.41, 5.74) is 4.06. The third kappa shape index (κ3) is 5.00. The van der Waals surface area contributed by atoms with Crippen molar-refractivity contribution in [3.63, 3.8) is 0 Å².